The summed E-state index contributed by atoms with van der Waals surface area (Å²) in [6.07, 6.45) is 2.44. The lowest BCUT2D eigenvalue weighted by Crippen LogP contribution is -2.36. The normalized spacial score (nSPS) is 12.5. The lowest BCUT2D eigenvalue weighted by Gasteiger charge is -2.30. The molecule has 0 unspecified atom stereocenters. The summed E-state index contributed by atoms with van der Waals surface area (Å²) in [6, 6.07) is 15.6. The molecule has 2 aromatic carbocycles. The molecule has 3 rings (SSSR count). The second-order valence-electron chi connectivity index (χ2n) is 6.44. The maximum absolute atomic E-state index is 9.34. The predicted molar refractivity (Wildman–Crippen MR) is 122 cm³/mol. The zero-order valence-electron chi connectivity index (χ0n) is 16.5. The molecule has 0 aliphatic carbocycles. The van der Waals surface area contributed by atoms with Gasteiger partial charge in [0.2, 0.25) is 6.41 Å². The Kier molecular flexibility index (Phi) is 12.6. The molecule has 2 N–H and O–H groups in total. The van der Waals surface area contributed by atoms with Crippen molar-refractivity contribution in [2.75, 3.05) is 31.1 Å². The molecule has 1 aliphatic rings. The van der Waals surface area contributed by atoms with Crippen LogP contribution in [0, 0.1) is 18.2 Å². The van der Waals surface area contributed by atoms with Crippen molar-refractivity contribution < 1.29 is 9.90 Å². The van der Waals surface area contributed by atoms with Gasteiger partial charge in [0, 0.05) is 30.6 Å². The SMILES string of the molecule is Cc1ccc(N2CCB(C#N)CC2)c(Cl)c1.Clc1ccccc1.O=CNCCO. The second kappa shape index (κ2) is 14.8. The standard InChI is InChI=1S/C12H14BClN2.C6H5Cl.C3H7NO2/c1-10-2-3-12(11(14)8-10)16-6-4-13(9-15)5-7-16;7-6-4-2-1-3-5-6;5-2-1-4-3-6/h2-3,8H,4-7H2,1H3;1-5H;3,5H,1-2H2,(H,4,6). The van der Waals surface area contributed by atoms with Crippen molar-refractivity contribution in [1.29, 1.82) is 5.26 Å². The van der Waals surface area contributed by atoms with Gasteiger partial charge in [0.15, 0.2) is 0 Å². The van der Waals surface area contributed by atoms with E-state index >= 15 is 0 Å². The number of nitrogens with zero attached hydrogens (tertiary/aromatic N) is 2. The second-order valence-corrected chi connectivity index (χ2v) is 7.28. The summed E-state index contributed by atoms with van der Waals surface area (Å²) in [4.78, 5) is 11.6. The van der Waals surface area contributed by atoms with Crippen molar-refractivity contribution in [3.8, 4) is 5.97 Å². The molecule has 1 heterocycles. The fraction of sp³-hybridized carbons (Fsp3) is 0.333. The fourth-order valence-corrected chi connectivity index (χ4v) is 3.16. The van der Waals surface area contributed by atoms with E-state index in [9.17, 15) is 4.79 Å². The van der Waals surface area contributed by atoms with E-state index in [0.717, 1.165) is 41.5 Å². The number of carbonyl (C=O) groups is 1. The molecule has 1 fully saturated rings. The summed E-state index contributed by atoms with van der Waals surface area (Å²) in [5.41, 5.74) is 2.28. The number of hydrogen-bond acceptors (Lipinski definition) is 4. The molecule has 0 saturated carbocycles. The van der Waals surface area contributed by atoms with Crippen molar-refractivity contribution in [3.05, 3.63) is 64.1 Å². The first-order chi connectivity index (χ1) is 14.0. The molecule has 2 aromatic rings. The van der Waals surface area contributed by atoms with Gasteiger partial charge in [-0.1, -0.05) is 47.5 Å². The summed E-state index contributed by atoms with van der Waals surface area (Å²) in [5.74, 6) is 2.34. The minimum absolute atomic E-state index is 0.0126. The zero-order valence-corrected chi connectivity index (χ0v) is 18.0. The third-order valence-electron chi connectivity index (χ3n) is 4.19. The Morgan fingerprint density at radius 1 is 1.21 bits per heavy atom. The molecule has 5 nitrogen and oxygen atoms in total. The van der Waals surface area contributed by atoms with E-state index in [1.165, 1.54) is 5.56 Å². The highest BCUT2D eigenvalue weighted by Gasteiger charge is 2.23. The number of anilines is 1. The van der Waals surface area contributed by atoms with Crippen molar-refractivity contribution in [2.24, 2.45) is 0 Å². The molecule has 0 radical (unpaired) electrons. The van der Waals surface area contributed by atoms with Gasteiger partial charge in [-0.3, -0.25) is 4.79 Å². The molecule has 0 atom stereocenters. The molecular weight excluding hydrogens is 408 g/mol. The Labute approximate surface area is 183 Å². The van der Waals surface area contributed by atoms with Gasteiger partial charge in [0.25, 0.3) is 6.71 Å². The largest absolute Gasteiger partial charge is 0.395 e. The molecule has 1 aliphatic heterocycles. The van der Waals surface area contributed by atoms with Gasteiger partial charge in [0.1, 0.15) is 0 Å². The summed E-state index contributed by atoms with van der Waals surface area (Å²) < 4.78 is 0. The van der Waals surface area contributed by atoms with Gasteiger partial charge in [-0.05, 0) is 49.4 Å². The number of carbonyl (C=O) groups excluding carboxylic acids is 1. The molecule has 154 valence electrons. The molecule has 29 heavy (non-hydrogen) atoms. The minimum atomic E-state index is 0.0126. The first-order valence-corrected chi connectivity index (χ1v) is 10.2. The van der Waals surface area contributed by atoms with Crippen molar-refractivity contribution >= 4 is 42.0 Å². The number of aryl methyl sites for hydroxylation is 1. The van der Waals surface area contributed by atoms with E-state index < -0.39 is 0 Å². The predicted octanol–water partition coefficient (Wildman–Crippen LogP) is 4.09. The summed E-state index contributed by atoms with van der Waals surface area (Å²) in [7, 11) is 0. The first kappa shape index (κ1) is 24.8. The van der Waals surface area contributed by atoms with Crippen LogP contribution in [0.25, 0.3) is 0 Å². The molecule has 0 bridgehead atoms. The fourth-order valence-electron chi connectivity index (χ4n) is 2.66. The number of hydrogen-bond donors (Lipinski definition) is 2. The van der Waals surface area contributed by atoms with Gasteiger partial charge in [-0.2, -0.15) is 0 Å². The quantitative estimate of drug-likeness (QED) is 0.432. The van der Waals surface area contributed by atoms with Crippen molar-refractivity contribution in [3.63, 3.8) is 0 Å². The Balaban J connectivity index is 0.000000267. The highest BCUT2D eigenvalue weighted by atomic mass is 35.5. The highest BCUT2D eigenvalue weighted by Crippen LogP contribution is 2.29. The van der Waals surface area contributed by atoms with Crippen LogP contribution < -0.4 is 10.2 Å². The van der Waals surface area contributed by atoms with Crippen LogP contribution in [0.4, 0.5) is 5.69 Å². The van der Waals surface area contributed by atoms with Gasteiger partial charge in [-0.15, -0.1) is 0 Å². The molecule has 0 aromatic heterocycles. The van der Waals surface area contributed by atoms with E-state index in [2.05, 4.69) is 28.3 Å². The van der Waals surface area contributed by atoms with Gasteiger partial charge >= 0.3 is 0 Å². The summed E-state index contributed by atoms with van der Waals surface area (Å²) in [5, 5.41) is 20.7. The smallest absolute Gasteiger partial charge is 0.271 e. The van der Waals surface area contributed by atoms with E-state index in [1.54, 1.807) is 0 Å². The molecule has 1 amide bonds. The Bertz CT molecular complexity index is 764. The average molecular weight is 434 g/mol. The first-order valence-electron chi connectivity index (χ1n) is 9.41. The Morgan fingerprint density at radius 3 is 2.28 bits per heavy atom. The average Bonchev–Trinajstić information content (AvgIpc) is 2.74. The van der Waals surface area contributed by atoms with Crippen molar-refractivity contribution in [1.82, 2.24) is 5.32 Å². The monoisotopic (exact) mass is 433 g/mol. The van der Waals surface area contributed by atoms with Gasteiger partial charge < -0.3 is 15.3 Å². The van der Waals surface area contributed by atoms with Crippen LogP contribution in [-0.4, -0.2) is 44.5 Å². The number of aliphatic hydroxyl groups is 1. The summed E-state index contributed by atoms with van der Waals surface area (Å²) >= 11 is 11.8. The van der Waals surface area contributed by atoms with Crippen LogP contribution in [0.2, 0.25) is 22.7 Å². The topological polar surface area (TPSA) is 76.4 Å². The highest BCUT2D eigenvalue weighted by molar-refractivity contribution is 6.67. The Hall–Kier alpha value is -2.20. The van der Waals surface area contributed by atoms with E-state index in [0.29, 0.717) is 13.0 Å². The number of nitriles is 1. The number of rotatable bonds is 4. The van der Waals surface area contributed by atoms with E-state index in [1.807, 2.05) is 43.3 Å². The van der Waals surface area contributed by atoms with Crippen LogP contribution in [0.15, 0.2) is 48.5 Å². The number of aliphatic hydroxyl groups excluding tert-OH is 1. The number of benzene rings is 2. The molecule has 1 saturated heterocycles. The van der Waals surface area contributed by atoms with E-state index in [4.69, 9.17) is 33.6 Å². The number of halogens is 2. The zero-order chi connectivity index (χ0) is 21.5. The van der Waals surface area contributed by atoms with Crippen LogP contribution in [0.1, 0.15) is 5.56 Å². The third-order valence-corrected chi connectivity index (χ3v) is 4.75. The van der Waals surface area contributed by atoms with Crippen molar-refractivity contribution in [2.45, 2.75) is 19.6 Å². The summed E-state index contributed by atoms with van der Waals surface area (Å²) in [6.45, 7) is 4.49. The minimum Gasteiger partial charge on any atom is -0.395 e. The van der Waals surface area contributed by atoms with Gasteiger partial charge in [0.05, 0.1) is 17.3 Å². The van der Waals surface area contributed by atoms with Crippen LogP contribution in [-0.2, 0) is 4.79 Å². The number of nitrogens with one attached hydrogen (secondary N) is 1. The Morgan fingerprint density at radius 2 is 1.86 bits per heavy atom. The van der Waals surface area contributed by atoms with Gasteiger partial charge in [-0.25, -0.2) is 5.26 Å². The molecule has 0 spiro atoms. The maximum Gasteiger partial charge on any atom is 0.271 e. The van der Waals surface area contributed by atoms with Crippen LogP contribution in [0.5, 0.6) is 0 Å². The molecular formula is C21H26BCl2N3O2. The molecule has 8 heteroatoms. The number of amides is 1. The lowest BCUT2D eigenvalue weighted by atomic mass is 9.45. The van der Waals surface area contributed by atoms with Crippen LogP contribution >= 0.6 is 23.2 Å². The third kappa shape index (κ3) is 10.2. The maximum atomic E-state index is 9.34. The van der Waals surface area contributed by atoms with Crippen LogP contribution in [0.3, 0.4) is 0 Å². The lowest BCUT2D eigenvalue weighted by molar-refractivity contribution is -0.109. The van der Waals surface area contributed by atoms with E-state index in [-0.39, 0.29) is 13.3 Å².